The van der Waals surface area contributed by atoms with Gasteiger partial charge >= 0.3 is 15.2 Å². The summed E-state index contributed by atoms with van der Waals surface area (Å²) in [6, 6.07) is 0. The summed E-state index contributed by atoms with van der Waals surface area (Å²) >= 11 is 0. The maximum Gasteiger partial charge on any atom is 0.338 e. The quantitative estimate of drug-likeness (QED) is 0.283. The van der Waals surface area contributed by atoms with E-state index in [1.54, 1.807) is 0 Å². The summed E-state index contributed by atoms with van der Waals surface area (Å²) in [5, 5.41) is 0. The largest absolute Gasteiger partial charge is 0.338 e. The Morgan fingerprint density at radius 3 is 1.50 bits per heavy atom. The van der Waals surface area contributed by atoms with Crippen molar-refractivity contribution in [1.29, 1.82) is 0 Å². The Morgan fingerprint density at radius 1 is 0.850 bits per heavy atom. The Balaban J connectivity index is 3.77. The van der Waals surface area contributed by atoms with Gasteiger partial charge in [0.2, 0.25) is 0 Å². The van der Waals surface area contributed by atoms with E-state index in [4.69, 9.17) is 9.05 Å². The van der Waals surface area contributed by atoms with E-state index in [1.165, 1.54) is 0 Å². The van der Waals surface area contributed by atoms with Gasteiger partial charge < -0.3 is 18.8 Å². The molecule has 10 heteroatoms. The zero-order valence-corrected chi connectivity index (χ0v) is 15.3. The van der Waals surface area contributed by atoms with Crippen LogP contribution in [0.2, 0.25) is 0 Å². The fourth-order valence-corrected chi connectivity index (χ4v) is 7.81. The van der Waals surface area contributed by atoms with E-state index in [-0.39, 0.29) is 24.2 Å². The van der Waals surface area contributed by atoms with Crippen molar-refractivity contribution in [1.82, 2.24) is 0 Å². The molecule has 0 saturated carbocycles. The Hall–Kier alpha value is 1.00. The van der Waals surface area contributed by atoms with E-state index in [2.05, 4.69) is 0 Å². The monoisotopic (exact) mass is 366 g/mol. The lowest BCUT2D eigenvalue weighted by molar-refractivity contribution is 0.258. The fraction of sp³-hybridized carbons (Fsp3) is 1.00. The standard InChI is InChI=1S/C10H24O6P2S2/c1-3-5-7-15-17(11,12)9-19-20-10-18(13,14)16-8-6-4-2/h3-10H2,1-2H3,(H,11,12)(H,13,14). The molecule has 20 heavy (non-hydrogen) atoms. The minimum atomic E-state index is -3.60. The van der Waals surface area contributed by atoms with Gasteiger partial charge in [-0.25, -0.2) is 0 Å². The Labute approximate surface area is 128 Å². The molecule has 2 atom stereocenters. The van der Waals surface area contributed by atoms with Gasteiger partial charge in [0, 0.05) is 0 Å². The van der Waals surface area contributed by atoms with Gasteiger partial charge in [-0.1, -0.05) is 48.3 Å². The molecule has 2 N–H and O–H groups in total. The first-order chi connectivity index (χ1) is 9.33. The van der Waals surface area contributed by atoms with Crippen molar-refractivity contribution in [3.05, 3.63) is 0 Å². The lowest BCUT2D eigenvalue weighted by Gasteiger charge is -2.13. The van der Waals surface area contributed by atoms with Gasteiger partial charge in [-0.3, -0.25) is 9.13 Å². The molecule has 0 rings (SSSR count). The lowest BCUT2D eigenvalue weighted by atomic mass is 10.4. The summed E-state index contributed by atoms with van der Waals surface area (Å²) in [5.74, 6) is 0. The van der Waals surface area contributed by atoms with Crippen molar-refractivity contribution in [2.45, 2.75) is 39.5 Å². The molecule has 0 radical (unpaired) electrons. The molecule has 0 aromatic carbocycles. The average Bonchev–Trinajstić information content (AvgIpc) is 2.35. The zero-order chi connectivity index (χ0) is 15.5. The maximum atomic E-state index is 11.6. The molecule has 122 valence electrons. The van der Waals surface area contributed by atoms with Gasteiger partial charge in [0.25, 0.3) is 0 Å². The van der Waals surface area contributed by atoms with E-state index >= 15 is 0 Å². The summed E-state index contributed by atoms with van der Waals surface area (Å²) in [6.07, 6.45) is 3.26. The van der Waals surface area contributed by atoms with Gasteiger partial charge in [-0.2, -0.15) is 0 Å². The average molecular weight is 366 g/mol. The van der Waals surface area contributed by atoms with Gasteiger partial charge in [0.05, 0.1) is 13.2 Å². The van der Waals surface area contributed by atoms with Crippen molar-refractivity contribution >= 4 is 36.8 Å². The van der Waals surface area contributed by atoms with Gasteiger partial charge in [0.15, 0.2) is 0 Å². The first kappa shape index (κ1) is 21.0. The molecule has 0 aromatic rings. The summed E-state index contributed by atoms with van der Waals surface area (Å²) in [4.78, 5) is 19.0. The lowest BCUT2D eigenvalue weighted by Crippen LogP contribution is -1.95. The number of rotatable bonds is 13. The van der Waals surface area contributed by atoms with Crippen LogP contribution in [0.25, 0.3) is 0 Å². The van der Waals surface area contributed by atoms with Crippen molar-refractivity contribution in [3.63, 3.8) is 0 Å². The molecular formula is C10H24O6P2S2. The van der Waals surface area contributed by atoms with Gasteiger partial charge in [-0.15, -0.1) is 0 Å². The third-order valence-electron chi connectivity index (χ3n) is 2.10. The van der Waals surface area contributed by atoms with E-state index < -0.39 is 15.2 Å². The summed E-state index contributed by atoms with van der Waals surface area (Å²) in [5.41, 5.74) is -0.202. The Bertz CT molecular complexity index is 310. The second-order valence-corrected chi connectivity index (χ2v) is 11.2. The molecule has 0 heterocycles. The molecule has 6 nitrogen and oxygen atoms in total. The molecule has 0 saturated heterocycles. The third-order valence-corrected chi connectivity index (χ3v) is 9.29. The number of hydrogen-bond acceptors (Lipinski definition) is 6. The van der Waals surface area contributed by atoms with Crippen LogP contribution in [0.15, 0.2) is 0 Å². The summed E-state index contributed by atoms with van der Waals surface area (Å²) in [6.45, 7) is 4.45. The minimum Gasteiger partial charge on any atom is -0.324 e. The van der Waals surface area contributed by atoms with Crippen LogP contribution in [-0.2, 0) is 18.2 Å². The molecule has 0 aliphatic carbocycles. The van der Waals surface area contributed by atoms with E-state index in [0.717, 1.165) is 47.3 Å². The first-order valence-corrected chi connectivity index (χ1v) is 12.5. The molecule has 0 amide bonds. The van der Waals surface area contributed by atoms with Crippen LogP contribution in [0, 0.1) is 0 Å². The van der Waals surface area contributed by atoms with Crippen LogP contribution < -0.4 is 0 Å². The van der Waals surface area contributed by atoms with Crippen LogP contribution in [0.1, 0.15) is 39.5 Å². The normalized spacial score (nSPS) is 17.6. The highest BCUT2D eigenvalue weighted by atomic mass is 33.1. The number of hydrogen-bond donors (Lipinski definition) is 2. The SMILES string of the molecule is CCCCOP(=O)(O)CSSCP(=O)(O)OCCCC. The van der Waals surface area contributed by atoms with Crippen LogP contribution >= 0.6 is 36.8 Å². The highest BCUT2D eigenvalue weighted by Crippen LogP contribution is 2.53. The van der Waals surface area contributed by atoms with E-state index in [1.807, 2.05) is 13.8 Å². The molecule has 0 aromatic heterocycles. The second-order valence-electron chi connectivity index (χ2n) is 4.14. The van der Waals surface area contributed by atoms with Crippen LogP contribution in [0.5, 0.6) is 0 Å². The smallest absolute Gasteiger partial charge is 0.324 e. The topological polar surface area (TPSA) is 93.1 Å². The van der Waals surface area contributed by atoms with Crippen LogP contribution in [-0.4, -0.2) is 34.0 Å². The molecule has 2 unspecified atom stereocenters. The van der Waals surface area contributed by atoms with Crippen molar-refractivity contribution in [2.75, 3.05) is 24.2 Å². The minimum absolute atomic E-state index is 0.101. The van der Waals surface area contributed by atoms with Crippen molar-refractivity contribution in [3.8, 4) is 0 Å². The highest BCUT2D eigenvalue weighted by molar-refractivity contribution is 8.78. The third kappa shape index (κ3) is 12.7. The highest BCUT2D eigenvalue weighted by Gasteiger charge is 2.22. The van der Waals surface area contributed by atoms with Crippen LogP contribution in [0.4, 0.5) is 0 Å². The predicted molar refractivity (Wildman–Crippen MR) is 86.3 cm³/mol. The van der Waals surface area contributed by atoms with Crippen LogP contribution in [0.3, 0.4) is 0 Å². The van der Waals surface area contributed by atoms with E-state index in [9.17, 15) is 18.9 Å². The number of unbranched alkanes of at least 4 members (excludes halogenated alkanes) is 2. The molecule has 0 aliphatic rings. The molecule has 0 spiro atoms. The second kappa shape index (κ2) is 11.6. The van der Waals surface area contributed by atoms with Gasteiger partial charge in [-0.05, 0) is 12.8 Å². The fourth-order valence-electron chi connectivity index (χ4n) is 0.985. The van der Waals surface area contributed by atoms with E-state index in [0.29, 0.717) is 0 Å². The predicted octanol–water partition coefficient (Wildman–Crippen LogP) is 4.29. The Kier molecular flexibility index (Phi) is 12.1. The summed E-state index contributed by atoms with van der Waals surface area (Å²) in [7, 11) is -5.10. The van der Waals surface area contributed by atoms with Crippen molar-refractivity contribution in [2.24, 2.45) is 0 Å². The zero-order valence-electron chi connectivity index (χ0n) is 11.9. The molecular weight excluding hydrogens is 342 g/mol. The Morgan fingerprint density at radius 2 is 1.20 bits per heavy atom. The summed E-state index contributed by atoms with van der Waals surface area (Å²) < 4.78 is 32.9. The maximum absolute atomic E-state index is 11.6. The molecule has 0 bridgehead atoms. The van der Waals surface area contributed by atoms with Crippen molar-refractivity contribution < 1.29 is 28.0 Å². The molecule has 0 fully saturated rings. The first-order valence-electron chi connectivity index (χ1n) is 6.50. The van der Waals surface area contributed by atoms with Gasteiger partial charge in [0.1, 0.15) is 11.0 Å². The molecule has 0 aliphatic heterocycles.